The van der Waals surface area contributed by atoms with Gasteiger partial charge < -0.3 is 19.9 Å². The number of aromatic nitrogens is 2. The molecule has 0 radical (unpaired) electrons. The largest absolute Gasteiger partial charge is 0.387 e. The molecule has 248 valence electrons. The van der Waals surface area contributed by atoms with E-state index in [0.29, 0.717) is 43.6 Å². The van der Waals surface area contributed by atoms with E-state index in [4.69, 9.17) is 4.98 Å². The van der Waals surface area contributed by atoms with Gasteiger partial charge in [0, 0.05) is 56.5 Å². The first-order chi connectivity index (χ1) is 21.8. The van der Waals surface area contributed by atoms with Crippen molar-refractivity contribution in [3.05, 3.63) is 78.8 Å². The van der Waals surface area contributed by atoms with Crippen LogP contribution < -0.4 is 5.32 Å². The van der Waals surface area contributed by atoms with Gasteiger partial charge in [0.15, 0.2) is 0 Å². The normalized spacial score (nSPS) is 13.7. The predicted molar refractivity (Wildman–Crippen MR) is 170 cm³/mol. The number of unbranched alkanes of at least 4 members (excludes halogenated alkanes) is 2. The van der Waals surface area contributed by atoms with Crippen LogP contribution in [0.25, 0.3) is 11.3 Å². The molecule has 0 saturated carbocycles. The molecule has 0 bridgehead atoms. The maximum Gasteiger partial charge on any atom is 0.253 e. The van der Waals surface area contributed by atoms with E-state index in [-0.39, 0.29) is 55.0 Å². The minimum absolute atomic E-state index is 0.0327. The third-order valence-electron chi connectivity index (χ3n) is 7.59. The predicted octanol–water partition coefficient (Wildman–Crippen LogP) is 4.47. The number of imide groups is 1. The Balaban J connectivity index is 1.70. The molecule has 2 N–H and O–H groups in total. The molecule has 46 heavy (non-hydrogen) atoms. The molecule has 1 aliphatic rings. The second-order valence-electron chi connectivity index (χ2n) is 12.3. The number of imidazole rings is 1. The standard InChI is InChI=1S/C34H43F2N5O5/c1-6-23(2)20-39-21-27(25-19-24(35)12-13-26(25)36)38-33(39)32(34(3,4)5)41(31(46)22-42)18-10-16-37-28(43)11-8-7-9-17-40-29(44)14-15-30(40)45/h6,12-15,19,21,32,42H,1-2,7-11,16-18,20,22H2,3-5H3,(H,37,43). The fourth-order valence-corrected chi connectivity index (χ4v) is 5.31. The molecule has 4 amide bonds. The van der Waals surface area contributed by atoms with E-state index in [1.807, 2.05) is 20.8 Å². The molecule has 0 saturated heterocycles. The number of rotatable bonds is 17. The Morgan fingerprint density at radius 1 is 1.11 bits per heavy atom. The highest BCUT2D eigenvalue weighted by molar-refractivity contribution is 6.12. The minimum atomic E-state index is -0.755. The van der Waals surface area contributed by atoms with Gasteiger partial charge in [-0.15, -0.1) is 0 Å². The monoisotopic (exact) mass is 639 g/mol. The first-order valence-electron chi connectivity index (χ1n) is 15.3. The lowest BCUT2D eigenvalue weighted by molar-refractivity contribution is -0.140. The molecular formula is C34H43F2N5O5. The number of carbonyl (C=O) groups excluding carboxylic acids is 4. The maximum absolute atomic E-state index is 14.8. The van der Waals surface area contributed by atoms with Gasteiger partial charge in [-0.2, -0.15) is 0 Å². The van der Waals surface area contributed by atoms with Crippen molar-refractivity contribution in [2.75, 3.05) is 26.2 Å². The number of halogens is 2. The molecule has 0 fully saturated rings. The zero-order chi connectivity index (χ0) is 34.0. The van der Waals surface area contributed by atoms with E-state index in [2.05, 4.69) is 18.5 Å². The molecule has 0 aliphatic carbocycles. The molecule has 2 aromatic rings. The van der Waals surface area contributed by atoms with Crippen LogP contribution in [0.3, 0.4) is 0 Å². The Morgan fingerprint density at radius 3 is 2.43 bits per heavy atom. The lowest BCUT2D eigenvalue weighted by atomic mass is 9.84. The molecule has 1 aromatic carbocycles. The molecular weight excluding hydrogens is 596 g/mol. The Labute approximate surface area is 268 Å². The number of nitrogens with zero attached hydrogens (tertiary/aromatic N) is 4. The summed E-state index contributed by atoms with van der Waals surface area (Å²) in [6.45, 7) is 13.7. The van der Waals surface area contributed by atoms with Gasteiger partial charge in [-0.25, -0.2) is 13.8 Å². The van der Waals surface area contributed by atoms with Crippen LogP contribution in [0.1, 0.15) is 64.7 Å². The lowest BCUT2D eigenvalue weighted by Crippen LogP contribution is -2.45. The van der Waals surface area contributed by atoms with Crippen LogP contribution in [0.5, 0.6) is 0 Å². The number of carbonyl (C=O) groups is 4. The summed E-state index contributed by atoms with van der Waals surface area (Å²) < 4.78 is 30.6. The van der Waals surface area contributed by atoms with Crippen LogP contribution in [-0.4, -0.2) is 74.3 Å². The summed E-state index contributed by atoms with van der Waals surface area (Å²) in [5.41, 5.74) is 0.159. The van der Waals surface area contributed by atoms with Crippen LogP contribution >= 0.6 is 0 Å². The van der Waals surface area contributed by atoms with Gasteiger partial charge in [-0.3, -0.25) is 24.1 Å². The summed E-state index contributed by atoms with van der Waals surface area (Å²) in [7, 11) is 0. The molecule has 1 aliphatic heterocycles. The highest BCUT2D eigenvalue weighted by Gasteiger charge is 2.38. The molecule has 2 heterocycles. The Kier molecular flexibility index (Phi) is 12.7. The van der Waals surface area contributed by atoms with E-state index < -0.39 is 35.6 Å². The van der Waals surface area contributed by atoms with Crippen molar-refractivity contribution >= 4 is 23.6 Å². The molecule has 1 aromatic heterocycles. The number of hydrogen-bond acceptors (Lipinski definition) is 6. The summed E-state index contributed by atoms with van der Waals surface area (Å²) in [4.78, 5) is 56.2. The number of nitrogens with one attached hydrogen (secondary N) is 1. The van der Waals surface area contributed by atoms with E-state index >= 15 is 0 Å². The zero-order valence-electron chi connectivity index (χ0n) is 26.7. The molecule has 0 spiro atoms. The number of aliphatic hydroxyl groups excluding tert-OH is 1. The van der Waals surface area contributed by atoms with Crippen molar-refractivity contribution in [3.8, 4) is 11.3 Å². The van der Waals surface area contributed by atoms with Crippen molar-refractivity contribution in [2.24, 2.45) is 5.41 Å². The van der Waals surface area contributed by atoms with E-state index in [9.17, 15) is 33.1 Å². The lowest BCUT2D eigenvalue weighted by Gasteiger charge is -2.40. The molecule has 1 atom stereocenters. The molecule has 3 rings (SSSR count). The molecule has 1 unspecified atom stereocenters. The highest BCUT2D eigenvalue weighted by Crippen LogP contribution is 2.39. The van der Waals surface area contributed by atoms with Crippen molar-refractivity contribution < 1.29 is 33.1 Å². The SMILES string of the molecule is C=CC(=C)Cn1cc(-c2cc(F)ccc2F)nc1C(N(CCCNC(=O)CCCCCN1C(=O)C=CC1=O)C(=O)CO)C(C)(C)C. The van der Waals surface area contributed by atoms with Gasteiger partial charge in [0.25, 0.3) is 11.8 Å². The minimum Gasteiger partial charge on any atom is -0.387 e. The Hall–Kier alpha value is -4.45. The third kappa shape index (κ3) is 9.53. The fraction of sp³-hybridized carbons (Fsp3) is 0.441. The van der Waals surface area contributed by atoms with Crippen molar-refractivity contribution in [1.29, 1.82) is 0 Å². The van der Waals surface area contributed by atoms with Crippen LogP contribution in [-0.2, 0) is 25.7 Å². The van der Waals surface area contributed by atoms with Crippen molar-refractivity contribution in [3.63, 3.8) is 0 Å². The van der Waals surface area contributed by atoms with E-state index in [0.717, 1.165) is 18.2 Å². The Morgan fingerprint density at radius 2 is 1.80 bits per heavy atom. The average molecular weight is 640 g/mol. The summed E-state index contributed by atoms with van der Waals surface area (Å²) in [5, 5.41) is 12.8. The third-order valence-corrected chi connectivity index (χ3v) is 7.59. The fourth-order valence-electron chi connectivity index (χ4n) is 5.31. The number of allylic oxidation sites excluding steroid dienone is 2. The first kappa shape index (κ1) is 36.0. The second-order valence-corrected chi connectivity index (χ2v) is 12.3. The van der Waals surface area contributed by atoms with Gasteiger partial charge in [-0.05, 0) is 48.4 Å². The average Bonchev–Trinajstić information content (AvgIpc) is 3.55. The van der Waals surface area contributed by atoms with Crippen LogP contribution in [0.15, 0.2) is 61.4 Å². The smallest absolute Gasteiger partial charge is 0.253 e. The van der Waals surface area contributed by atoms with Gasteiger partial charge in [0.2, 0.25) is 11.8 Å². The first-order valence-corrected chi connectivity index (χ1v) is 15.3. The zero-order valence-corrected chi connectivity index (χ0v) is 26.7. The van der Waals surface area contributed by atoms with Gasteiger partial charge >= 0.3 is 0 Å². The molecule has 10 nitrogen and oxygen atoms in total. The van der Waals surface area contributed by atoms with Gasteiger partial charge in [-0.1, -0.05) is 46.4 Å². The summed E-state index contributed by atoms with van der Waals surface area (Å²) >= 11 is 0. The van der Waals surface area contributed by atoms with Crippen molar-refractivity contribution in [1.82, 2.24) is 24.7 Å². The maximum atomic E-state index is 14.8. The summed E-state index contributed by atoms with van der Waals surface area (Å²) in [6.07, 6.45) is 8.15. The van der Waals surface area contributed by atoms with Gasteiger partial charge in [0.05, 0.1) is 11.7 Å². The van der Waals surface area contributed by atoms with E-state index in [1.54, 1.807) is 16.8 Å². The highest BCUT2D eigenvalue weighted by atomic mass is 19.1. The van der Waals surface area contributed by atoms with Gasteiger partial charge in [0.1, 0.15) is 24.1 Å². The Bertz CT molecular complexity index is 1480. The number of amides is 4. The van der Waals surface area contributed by atoms with Crippen LogP contribution in [0, 0.1) is 17.0 Å². The summed E-state index contributed by atoms with van der Waals surface area (Å²) in [5.74, 6) is -2.24. The van der Waals surface area contributed by atoms with Crippen molar-refractivity contribution in [2.45, 2.75) is 65.5 Å². The molecule has 12 heteroatoms. The summed E-state index contributed by atoms with van der Waals surface area (Å²) in [6, 6.07) is 2.41. The number of benzene rings is 1. The topological polar surface area (TPSA) is 125 Å². The second kappa shape index (κ2) is 16.2. The van der Waals surface area contributed by atoms with Crippen LogP contribution in [0.4, 0.5) is 8.78 Å². The van der Waals surface area contributed by atoms with Crippen LogP contribution in [0.2, 0.25) is 0 Å². The van der Waals surface area contributed by atoms with E-state index in [1.165, 1.54) is 22.0 Å². The quantitative estimate of drug-likeness (QED) is 0.150. The number of hydrogen-bond donors (Lipinski definition) is 2. The number of aliphatic hydroxyl groups is 1.